The number of para-hydroxylation sites is 1. The lowest BCUT2D eigenvalue weighted by Gasteiger charge is -2.20. The second kappa shape index (κ2) is 9.23. The summed E-state index contributed by atoms with van der Waals surface area (Å²) in [6.07, 6.45) is 0. The number of aromatic nitrogens is 3. The number of amides is 1. The molecule has 6 nitrogen and oxygen atoms in total. The Morgan fingerprint density at radius 3 is 2.46 bits per heavy atom. The Morgan fingerprint density at radius 1 is 1.14 bits per heavy atom. The topological polar surface area (TPSA) is 63.1 Å². The third kappa shape index (κ3) is 4.92. The van der Waals surface area contributed by atoms with E-state index in [9.17, 15) is 4.79 Å². The average molecular weight is 416 g/mol. The number of rotatable bonds is 7. The van der Waals surface area contributed by atoms with Crippen LogP contribution in [0, 0.1) is 0 Å². The molecule has 1 atom stereocenters. The number of nitrogens with one attached hydrogen (secondary N) is 1. The Balaban J connectivity index is 1.78. The van der Waals surface area contributed by atoms with Crippen LogP contribution in [0.15, 0.2) is 59.8 Å². The zero-order chi connectivity index (χ0) is 20.1. The van der Waals surface area contributed by atoms with E-state index in [-0.39, 0.29) is 17.7 Å². The van der Waals surface area contributed by atoms with Gasteiger partial charge >= 0.3 is 0 Å². The molecule has 0 aliphatic rings. The SMILES string of the molecule is C[C@@H](c1nnc(SCC(=O)Nc2ccc(Cl)cc2)n1-c1ccccc1)N(C)C. The van der Waals surface area contributed by atoms with E-state index in [2.05, 4.69) is 27.3 Å². The Labute approximate surface area is 173 Å². The van der Waals surface area contributed by atoms with Crippen LogP contribution in [-0.2, 0) is 4.79 Å². The summed E-state index contributed by atoms with van der Waals surface area (Å²) in [5.74, 6) is 0.943. The highest BCUT2D eigenvalue weighted by Crippen LogP contribution is 2.26. The fraction of sp³-hybridized carbons (Fsp3) is 0.250. The maximum Gasteiger partial charge on any atom is 0.234 e. The summed E-state index contributed by atoms with van der Waals surface area (Å²) in [4.78, 5) is 14.4. The van der Waals surface area contributed by atoms with Crippen molar-refractivity contribution in [1.29, 1.82) is 0 Å². The molecule has 0 bridgehead atoms. The molecule has 0 radical (unpaired) electrons. The van der Waals surface area contributed by atoms with Gasteiger partial charge in [0.1, 0.15) is 0 Å². The quantitative estimate of drug-likeness (QED) is 0.583. The fourth-order valence-corrected chi connectivity index (χ4v) is 3.44. The maximum absolute atomic E-state index is 12.3. The van der Waals surface area contributed by atoms with E-state index >= 15 is 0 Å². The molecule has 1 amide bonds. The molecule has 3 rings (SSSR count). The Morgan fingerprint density at radius 2 is 1.82 bits per heavy atom. The normalized spacial score (nSPS) is 12.2. The summed E-state index contributed by atoms with van der Waals surface area (Å²) in [7, 11) is 4.00. The van der Waals surface area contributed by atoms with Gasteiger partial charge < -0.3 is 5.32 Å². The maximum atomic E-state index is 12.3. The lowest BCUT2D eigenvalue weighted by molar-refractivity contribution is -0.113. The monoisotopic (exact) mass is 415 g/mol. The van der Waals surface area contributed by atoms with Gasteiger partial charge in [0.15, 0.2) is 11.0 Å². The third-order valence-electron chi connectivity index (χ3n) is 4.28. The molecule has 3 aromatic rings. The molecule has 1 heterocycles. The van der Waals surface area contributed by atoms with E-state index in [0.29, 0.717) is 15.9 Å². The summed E-state index contributed by atoms with van der Waals surface area (Å²) < 4.78 is 2.00. The lowest BCUT2D eigenvalue weighted by Crippen LogP contribution is -2.21. The number of nitrogens with zero attached hydrogens (tertiary/aromatic N) is 4. The van der Waals surface area contributed by atoms with Crippen LogP contribution in [0.4, 0.5) is 5.69 Å². The van der Waals surface area contributed by atoms with Crippen LogP contribution in [0.25, 0.3) is 5.69 Å². The number of thioether (sulfide) groups is 1. The predicted molar refractivity (Wildman–Crippen MR) is 114 cm³/mol. The van der Waals surface area contributed by atoms with Crippen LogP contribution in [0.2, 0.25) is 5.02 Å². The first kappa shape index (κ1) is 20.4. The van der Waals surface area contributed by atoms with E-state index < -0.39 is 0 Å². The first-order valence-corrected chi connectivity index (χ1v) is 10.2. The van der Waals surface area contributed by atoms with Gasteiger partial charge in [-0.25, -0.2) is 0 Å². The zero-order valence-corrected chi connectivity index (χ0v) is 17.5. The first-order chi connectivity index (χ1) is 13.5. The molecule has 1 N–H and O–H groups in total. The lowest BCUT2D eigenvalue weighted by atomic mass is 10.2. The van der Waals surface area contributed by atoms with Crippen LogP contribution in [0.3, 0.4) is 0 Å². The van der Waals surface area contributed by atoms with Crippen molar-refractivity contribution in [3.63, 3.8) is 0 Å². The molecule has 1 aromatic heterocycles. The molecule has 146 valence electrons. The number of hydrogen-bond donors (Lipinski definition) is 1. The van der Waals surface area contributed by atoms with Gasteiger partial charge in [-0.15, -0.1) is 10.2 Å². The molecule has 8 heteroatoms. The predicted octanol–water partition coefficient (Wildman–Crippen LogP) is 4.27. The molecular formula is C20H22ClN5OS. The van der Waals surface area contributed by atoms with Crippen molar-refractivity contribution < 1.29 is 4.79 Å². The molecule has 28 heavy (non-hydrogen) atoms. The minimum absolute atomic E-state index is 0.0740. The van der Waals surface area contributed by atoms with Gasteiger partial charge in [-0.2, -0.15) is 0 Å². The van der Waals surface area contributed by atoms with Crippen molar-refractivity contribution in [3.8, 4) is 5.69 Å². The van der Waals surface area contributed by atoms with Gasteiger partial charge in [-0.3, -0.25) is 14.3 Å². The highest BCUT2D eigenvalue weighted by atomic mass is 35.5. The smallest absolute Gasteiger partial charge is 0.234 e. The van der Waals surface area contributed by atoms with Gasteiger partial charge in [-0.1, -0.05) is 41.6 Å². The molecule has 0 spiro atoms. The zero-order valence-electron chi connectivity index (χ0n) is 16.0. The second-order valence-corrected chi connectivity index (χ2v) is 7.87. The third-order valence-corrected chi connectivity index (χ3v) is 5.46. The Kier molecular flexibility index (Phi) is 6.72. The number of anilines is 1. The van der Waals surface area contributed by atoms with Crippen molar-refractivity contribution in [3.05, 3.63) is 65.4 Å². The van der Waals surface area contributed by atoms with Crippen LogP contribution >= 0.6 is 23.4 Å². The molecule has 0 aliphatic carbocycles. The van der Waals surface area contributed by atoms with Crippen LogP contribution in [0.5, 0.6) is 0 Å². The van der Waals surface area contributed by atoms with Gasteiger partial charge in [0.2, 0.25) is 5.91 Å². The van der Waals surface area contributed by atoms with Crippen LogP contribution in [0.1, 0.15) is 18.8 Å². The number of carbonyl (C=O) groups is 1. The largest absolute Gasteiger partial charge is 0.325 e. The summed E-state index contributed by atoms with van der Waals surface area (Å²) in [5.41, 5.74) is 1.68. The number of carbonyl (C=O) groups excluding carboxylic acids is 1. The van der Waals surface area contributed by atoms with Crippen LogP contribution in [-0.4, -0.2) is 45.4 Å². The summed E-state index contributed by atoms with van der Waals surface area (Å²) in [6, 6.07) is 17.0. The summed E-state index contributed by atoms with van der Waals surface area (Å²) >= 11 is 7.23. The standard InChI is InChI=1S/C20H22ClN5OS/c1-14(25(2)3)19-23-24-20(26(19)17-7-5-4-6-8-17)28-13-18(27)22-16-11-9-15(21)10-12-16/h4-12,14H,13H2,1-3H3,(H,22,27)/t14-/m0/s1. The van der Waals surface area contributed by atoms with E-state index in [1.807, 2.05) is 49.0 Å². The number of benzene rings is 2. The van der Waals surface area contributed by atoms with Gasteiger partial charge in [0.05, 0.1) is 11.8 Å². The number of halogens is 1. The van der Waals surface area contributed by atoms with Crippen LogP contribution < -0.4 is 5.32 Å². The van der Waals surface area contributed by atoms with Gasteiger partial charge in [0, 0.05) is 16.4 Å². The van der Waals surface area contributed by atoms with Gasteiger partial charge in [0.25, 0.3) is 0 Å². The fourth-order valence-electron chi connectivity index (χ4n) is 2.56. The van der Waals surface area contributed by atoms with Crippen molar-refractivity contribution in [2.45, 2.75) is 18.1 Å². The van der Waals surface area contributed by atoms with E-state index in [1.165, 1.54) is 11.8 Å². The van der Waals surface area contributed by atoms with Gasteiger partial charge in [-0.05, 0) is 57.4 Å². The summed E-state index contributed by atoms with van der Waals surface area (Å²) in [5, 5.41) is 12.9. The second-order valence-electron chi connectivity index (χ2n) is 6.50. The van der Waals surface area contributed by atoms with E-state index in [4.69, 9.17) is 11.6 Å². The first-order valence-electron chi connectivity index (χ1n) is 8.81. The molecule has 0 unspecified atom stereocenters. The number of hydrogen-bond acceptors (Lipinski definition) is 5. The Bertz CT molecular complexity index is 928. The Hall–Kier alpha value is -2.35. The molecule has 0 aliphatic heterocycles. The van der Waals surface area contributed by atoms with Crippen molar-refractivity contribution >= 4 is 35.0 Å². The highest BCUT2D eigenvalue weighted by Gasteiger charge is 2.21. The highest BCUT2D eigenvalue weighted by molar-refractivity contribution is 7.99. The van der Waals surface area contributed by atoms with Crippen molar-refractivity contribution in [1.82, 2.24) is 19.7 Å². The molecular weight excluding hydrogens is 394 g/mol. The molecule has 0 saturated heterocycles. The van der Waals surface area contributed by atoms with E-state index in [1.54, 1.807) is 24.3 Å². The molecule has 2 aromatic carbocycles. The summed E-state index contributed by atoms with van der Waals surface area (Å²) in [6.45, 7) is 2.07. The van der Waals surface area contributed by atoms with Crippen molar-refractivity contribution in [2.75, 3.05) is 25.2 Å². The van der Waals surface area contributed by atoms with Crippen molar-refractivity contribution in [2.24, 2.45) is 0 Å². The minimum atomic E-state index is -0.114. The van der Waals surface area contributed by atoms with E-state index in [0.717, 1.165) is 11.5 Å². The molecule has 0 saturated carbocycles. The average Bonchev–Trinajstić information content (AvgIpc) is 3.12. The molecule has 0 fully saturated rings. The minimum Gasteiger partial charge on any atom is -0.325 e.